The van der Waals surface area contributed by atoms with Crippen LogP contribution in [-0.2, 0) is 16.6 Å². The Morgan fingerprint density at radius 2 is 2.13 bits per heavy atom. The van der Waals surface area contributed by atoms with Crippen molar-refractivity contribution >= 4 is 17.6 Å². The van der Waals surface area contributed by atoms with Gasteiger partial charge in [0.1, 0.15) is 0 Å². The fourth-order valence-electron chi connectivity index (χ4n) is 2.06. The number of amides is 1. The Balaban J connectivity index is 1.96. The zero-order chi connectivity index (χ0) is 17.0. The summed E-state index contributed by atoms with van der Waals surface area (Å²) in [5, 5.41) is 15.7. The highest BCUT2D eigenvalue weighted by molar-refractivity contribution is 5.96. The molecule has 1 amide bonds. The summed E-state index contributed by atoms with van der Waals surface area (Å²) >= 11 is 0. The molecule has 0 bridgehead atoms. The Bertz CT molecular complexity index is 802. The summed E-state index contributed by atoms with van der Waals surface area (Å²) in [5.41, 5.74) is 2.69. The Hall–Kier alpha value is -3.14. The first-order valence-electron chi connectivity index (χ1n) is 6.89. The number of nitrogens with one attached hydrogen (secondary N) is 1. The second-order valence-corrected chi connectivity index (χ2v) is 4.99. The van der Waals surface area contributed by atoms with Gasteiger partial charge in [-0.2, -0.15) is 10.4 Å². The molecule has 1 heterocycles. The number of benzene rings is 1. The molecule has 0 radical (unpaired) electrons. The normalized spacial score (nSPS) is 10.0. The second kappa shape index (κ2) is 6.75. The highest BCUT2D eigenvalue weighted by Gasteiger charge is 2.15. The molecule has 2 aromatic rings. The predicted molar refractivity (Wildman–Crippen MR) is 82.8 cm³/mol. The van der Waals surface area contributed by atoms with Crippen molar-refractivity contribution in [3.8, 4) is 6.07 Å². The van der Waals surface area contributed by atoms with Gasteiger partial charge in [-0.15, -0.1) is 0 Å². The molecule has 1 aromatic carbocycles. The van der Waals surface area contributed by atoms with Crippen LogP contribution in [0.3, 0.4) is 0 Å². The summed E-state index contributed by atoms with van der Waals surface area (Å²) in [7, 11) is 1.78. The van der Waals surface area contributed by atoms with Gasteiger partial charge in [0.15, 0.2) is 6.61 Å². The lowest BCUT2D eigenvalue weighted by molar-refractivity contribution is -0.119. The van der Waals surface area contributed by atoms with E-state index in [-0.39, 0.29) is 5.56 Å². The van der Waals surface area contributed by atoms with E-state index in [9.17, 15) is 9.59 Å². The van der Waals surface area contributed by atoms with Gasteiger partial charge >= 0.3 is 5.97 Å². The Kier molecular flexibility index (Phi) is 4.76. The maximum absolute atomic E-state index is 11.9. The van der Waals surface area contributed by atoms with E-state index in [1.165, 1.54) is 12.1 Å². The van der Waals surface area contributed by atoms with Crippen LogP contribution >= 0.6 is 0 Å². The van der Waals surface area contributed by atoms with Gasteiger partial charge in [-0.05, 0) is 32.0 Å². The van der Waals surface area contributed by atoms with Crippen LogP contribution in [0.1, 0.15) is 27.3 Å². The van der Waals surface area contributed by atoms with Crippen LogP contribution in [0, 0.1) is 25.2 Å². The molecule has 0 saturated heterocycles. The first kappa shape index (κ1) is 16.2. The molecule has 7 heteroatoms. The van der Waals surface area contributed by atoms with E-state index < -0.39 is 18.5 Å². The summed E-state index contributed by atoms with van der Waals surface area (Å²) in [6.45, 7) is 3.19. The average molecular weight is 312 g/mol. The fraction of sp³-hybridized carbons (Fsp3) is 0.250. The lowest BCUT2D eigenvalue weighted by atomic mass is 10.1. The van der Waals surface area contributed by atoms with Crippen LogP contribution in [0.5, 0.6) is 0 Å². The molecular weight excluding hydrogens is 296 g/mol. The number of hydrogen-bond donors (Lipinski definition) is 1. The third-order valence-electron chi connectivity index (χ3n) is 3.34. The van der Waals surface area contributed by atoms with Crippen LogP contribution in [0.4, 0.5) is 5.69 Å². The zero-order valence-corrected chi connectivity index (χ0v) is 13.1. The molecule has 0 spiro atoms. The van der Waals surface area contributed by atoms with E-state index in [1.54, 1.807) is 30.8 Å². The topological polar surface area (TPSA) is 97.0 Å². The molecule has 0 aliphatic rings. The van der Waals surface area contributed by atoms with E-state index in [1.807, 2.05) is 13.0 Å². The number of nitriles is 1. The van der Waals surface area contributed by atoms with Gasteiger partial charge in [-0.1, -0.05) is 6.07 Å². The number of ether oxygens (including phenoxy) is 1. The molecule has 1 N–H and O–H groups in total. The molecule has 0 fully saturated rings. The largest absolute Gasteiger partial charge is 0.452 e. The minimum atomic E-state index is -0.656. The first-order chi connectivity index (χ1) is 10.9. The molecule has 0 aliphatic carbocycles. The standard InChI is InChI=1S/C16H16N4O3/c1-10-15(11(2)20(3)19-10)18-14(21)9-23-16(22)13-6-4-5-12(7-13)8-17/h4-7H,9H2,1-3H3,(H,18,21). The molecule has 2 rings (SSSR count). The molecule has 0 unspecified atom stereocenters. The quantitative estimate of drug-likeness (QED) is 0.867. The second-order valence-electron chi connectivity index (χ2n) is 4.99. The van der Waals surface area contributed by atoms with Crippen LogP contribution in [0.2, 0.25) is 0 Å². The first-order valence-corrected chi connectivity index (χ1v) is 6.89. The summed E-state index contributed by atoms with van der Waals surface area (Å²) in [6, 6.07) is 8.04. The number of carbonyl (C=O) groups is 2. The number of aryl methyl sites for hydroxylation is 2. The lowest BCUT2D eigenvalue weighted by Gasteiger charge is -2.07. The highest BCUT2D eigenvalue weighted by Crippen LogP contribution is 2.18. The van der Waals surface area contributed by atoms with Crippen LogP contribution in [-0.4, -0.2) is 28.3 Å². The number of hydrogen-bond acceptors (Lipinski definition) is 5. The number of nitrogens with zero attached hydrogens (tertiary/aromatic N) is 3. The van der Waals surface area contributed by atoms with E-state index in [2.05, 4.69) is 10.4 Å². The van der Waals surface area contributed by atoms with Crippen LogP contribution in [0.25, 0.3) is 0 Å². The minimum absolute atomic E-state index is 0.227. The number of anilines is 1. The molecule has 1 aromatic heterocycles. The zero-order valence-electron chi connectivity index (χ0n) is 13.1. The Labute approximate surface area is 133 Å². The van der Waals surface area contributed by atoms with Crippen molar-refractivity contribution in [3.05, 3.63) is 46.8 Å². The van der Waals surface area contributed by atoms with Crippen molar-refractivity contribution in [2.45, 2.75) is 13.8 Å². The van der Waals surface area contributed by atoms with Gasteiger partial charge in [0.2, 0.25) is 0 Å². The van der Waals surface area contributed by atoms with Gasteiger partial charge < -0.3 is 10.1 Å². The SMILES string of the molecule is Cc1nn(C)c(C)c1NC(=O)COC(=O)c1cccc(C#N)c1. The number of rotatable bonds is 4. The van der Waals surface area contributed by atoms with Crippen molar-refractivity contribution in [2.24, 2.45) is 7.05 Å². The van der Waals surface area contributed by atoms with Crippen molar-refractivity contribution < 1.29 is 14.3 Å². The van der Waals surface area contributed by atoms with Gasteiger partial charge in [0.25, 0.3) is 5.91 Å². The summed E-state index contributed by atoms with van der Waals surface area (Å²) < 4.78 is 6.62. The van der Waals surface area contributed by atoms with E-state index in [0.29, 0.717) is 16.9 Å². The predicted octanol–water partition coefficient (Wildman–Crippen LogP) is 1.70. The molecule has 23 heavy (non-hydrogen) atoms. The maximum atomic E-state index is 11.9. The smallest absolute Gasteiger partial charge is 0.338 e. The van der Waals surface area contributed by atoms with Crippen LogP contribution < -0.4 is 5.32 Å². The van der Waals surface area contributed by atoms with E-state index in [4.69, 9.17) is 10.00 Å². The number of aromatic nitrogens is 2. The van der Waals surface area contributed by atoms with Crippen LogP contribution in [0.15, 0.2) is 24.3 Å². The summed E-state index contributed by atoms with van der Waals surface area (Å²) in [6.07, 6.45) is 0. The third-order valence-corrected chi connectivity index (χ3v) is 3.34. The molecule has 7 nitrogen and oxygen atoms in total. The maximum Gasteiger partial charge on any atom is 0.338 e. The summed E-state index contributed by atoms with van der Waals surface area (Å²) in [4.78, 5) is 23.8. The molecule has 0 saturated carbocycles. The molecule has 0 aliphatic heterocycles. The van der Waals surface area contributed by atoms with Gasteiger partial charge in [0, 0.05) is 7.05 Å². The molecular formula is C16H16N4O3. The Morgan fingerprint density at radius 1 is 1.39 bits per heavy atom. The van der Waals surface area contributed by atoms with Crippen molar-refractivity contribution in [3.63, 3.8) is 0 Å². The number of carbonyl (C=O) groups excluding carboxylic acids is 2. The monoisotopic (exact) mass is 312 g/mol. The highest BCUT2D eigenvalue weighted by atomic mass is 16.5. The van der Waals surface area contributed by atoms with Gasteiger partial charge in [-0.3, -0.25) is 9.48 Å². The third kappa shape index (κ3) is 3.74. The molecule has 0 atom stereocenters. The Morgan fingerprint density at radius 3 is 2.74 bits per heavy atom. The van der Waals surface area contributed by atoms with Crippen molar-refractivity contribution in [2.75, 3.05) is 11.9 Å². The lowest BCUT2D eigenvalue weighted by Crippen LogP contribution is -2.21. The van der Waals surface area contributed by atoms with Gasteiger partial charge in [-0.25, -0.2) is 4.79 Å². The fourth-order valence-corrected chi connectivity index (χ4v) is 2.06. The van der Waals surface area contributed by atoms with Crippen molar-refractivity contribution in [1.29, 1.82) is 5.26 Å². The minimum Gasteiger partial charge on any atom is -0.452 e. The number of esters is 1. The van der Waals surface area contributed by atoms with Gasteiger partial charge in [0.05, 0.1) is 34.3 Å². The van der Waals surface area contributed by atoms with E-state index in [0.717, 1.165) is 5.69 Å². The van der Waals surface area contributed by atoms with E-state index >= 15 is 0 Å². The average Bonchev–Trinajstić information content (AvgIpc) is 2.79. The van der Waals surface area contributed by atoms with Crippen molar-refractivity contribution in [1.82, 2.24) is 9.78 Å². The molecule has 118 valence electrons. The summed E-state index contributed by atoms with van der Waals surface area (Å²) in [5.74, 6) is -1.11.